The number of nitrogens with one attached hydrogen (secondary N) is 1. The zero-order valence-electron chi connectivity index (χ0n) is 10.1. The summed E-state index contributed by atoms with van der Waals surface area (Å²) in [5, 5.41) is 7.47. The standard InChI is InChI=1S/C12H13FN4S/c1-7-11(15-12(14)18)8(2)17(16-7)10-5-3-9(13)4-6-10/h3-6H,1-2H3,(H3,14,15,18). The number of aryl methyl sites for hydroxylation is 1. The Morgan fingerprint density at radius 3 is 2.50 bits per heavy atom. The fraction of sp³-hybridized carbons (Fsp3) is 0.167. The van der Waals surface area contributed by atoms with Gasteiger partial charge in [-0.15, -0.1) is 0 Å². The van der Waals surface area contributed by atoms with Crippen LogP contribution in [-0.2, 0) is 0 Å². The monoisotopic (exact) mass is 264 g/mol. The van der Waals surface area contributed by atoms with Crippen LogP contribution in [0.4, 0.5) is 10.1 Å². The number of aromatic nitrogens is 2. The minimum absolute atomic E-state index is 0.194. The Bertz CT molecular complexity index is 589. The van der Waals surface area contributed by atoms with Crippen LogP contribution in [0.15, 0.2) is 24.3 Å². The molecule has 0 saturated heterocycles. The molecule has 6 heteroatoms. The van der Waals surface area contributed by atoms with Crippen LogP contribution in [0.2, 0.25) is 0 Å². The zero-order valence-corrected chi connectivity index (χ0v) is 10.9. The Labute approximate surface area is 110 Å². The quantitative estimate of drug-likeness (QED) is 0.817. The minimum atomic E-state index is -0.276. The summed E-state index contributed by atoms with van der Waals surface area (Å²) in [6.07, 6.45) is 0. The highest BCUT2D eigenvalue weighted by Crippen LogP contribution is 2.22. The van der Waals surface area contributed by atoms with Crippen molar-refractivity contribution >= 4 is 23.0 Å². The van der Waals surface area contributed by atoms with Crippen molar-refractivity contribution in [1.82, 2.24) is 9.78 Å². The molecule has 0 spiro atoms. The lowest BCUT2D eigenvalue weighted by Gasteiger charge is -2.06. The van der Waals surface area contributed by atoms with E-state index in [1.54, 1.807) is 16.8 Å². The average molecular weight is 264 g/mol. The maximum absolute atomic E-state index is 12.9. The van der Waals surface area contributed by atoms with Crippen LogP contribution in [0.1, 0.15) is 11.4 Å². The van der Waals surface area contributed by atoms with Crippen molar-refractivity contribution in [2.75, 3.05) is 5.32 Å². The van der Waals surface area contributed by atoms with Crippen molar-refractivity contribution in [3.63, 3.8) is 0 Å². The summed E-state index contributed by atoms with van der Waals surface area (Å²) in [4.78, 5) is 0. The van der Waals surface area contributed by atoms with E-state index in [4.69, 9.17) is 18.0 Å². The molecule has 1 aromatic carbocycles. The van der Waals surface area contributed by atoms with Gasteiger partial charge < -0.3 is 11.1 Å². The van der Waals surface area contributed by atoms with Gasteiger partial charge in [0.25, 0.3) is 0 Å². The molecule has 0 atom stereocenters. The van der Waals surface area contributed by atoms with Crippen LogP contribution in [0.5, 0.6) is 0 Å². The largest absolute Gasteiger partial charge is 0.376 e. The molecule has 1 heterocycles. The van der Waals surface area contributed by atoms with Gasteiger partial charge in [-0.25, -0.2) is 9.07 Å². The molecular weight excluding hydrogens is 251 g/mol. The average Bonchev–Trinajstić information content (AvgIpc) is 2.58. The Morgan fingerprint density at radius 1 is 1.33 bits per heavy atom. The van der Waals surface area contributed by atoms with Gasteiger partial charge in [-0.2, -0.15) is 5.10 Å². The first-order valence-electron chi connectivity index (χ1n) is 5.37. The highest BCUT2D eigenvalue weighted by atomic mass is 32.1. The molecule has 0 fully saturated rings. The van der Waals surface area contributed by atoms with Gasteiger partial charge in [-0.05, 0) is 50.3 Å². The van der Waals surface area contributed by atoms with E-state index in [9.17, 15) is 4.39 Å². The molecule has 2 rings (SSSR count). The van der Waals surface area contributed by atoms with Gasteiger partial charge >= 0.3 is 0 Å². The van der Waals surface area contributed by atoms with E-state index in [-0.39, 0.29) is 10.9 Å². The van der Waals surface area contributed by atoms with Crippen LogP contribution in [-0.4, -0.2) is 14.9 Å². The highest BCUT2D eigenvalue weighted by molar-refractivity contribution is 7.80. The van der Waals surface area contributed by atoms with Crippen molar-refractivity contribution in [2.24, 2.45) is 5.73 Å². The van der Waals surface area contributed by atoms with Crippen LogP contribution in [0.3, 0.4) is 0 Å². The predicted octanol–water partition coefficient (Wildman–Crippen LogP) is 2.28. The van der Waals surface area contributed by atoms with Crippen LogP contribution < -0.4 is 11.1 Å². The van der Waals surface area contributed by atoms with Crippen LogP contribution in [0, 0.1) is 19.7 Å². The molecule has 0 bridgehead atoms. The van der Waals surface area contributed by atoms with E-state index >= 15 is 0 Å². The summed E-state index contributed by atoms with van der Waals surface area (Å²) < 4.78 is 14.6. The van der Waals surface area contributed by atoms with E-state index in [0.717, 1.165) is 22.8 Å². The van der Waals surface area contributed by atoms with Gasteiger partial charge in [0, 0.05) is 0 Å². The highest BCUT2D eigenvalue weighted by Gasteiger charge is 2.12. The van der Waals surface area contributed by atoms with Crippen molar-refractivity contribution < 1.29 is 4.39 Å². The Kier molecular flexibility index (Phi) is 3.29. The third-order valence-corrected chi connectivity index (χ3v) is 2.71. The third-order valence-electron chi connectivity index (χ3n) is 2.61. The van der Waals surface area contributed by atoms with Crippen molar-refractivity contribution in [3.8, 4) is 5.69 Å². The topological polar surface area (TPSA) is 55.9 Å². The Hall–Kier alpha value is -1.95. The second-order valence-corrected chi connectivity index (χ2v) is 4.36. The first-order chi connectivity index (χ1) is 8.49. The van der Waals surface area contributed by atoms with Gasteiger partial charge in [-0.1, -0.05) is 0 Å². The number of rotatable bonds is 2. The molecule has 4 nitrogen and oxygen atoms in total. The van der Waals surface area contributed by atoms with Crippen LogP contribution in [0.25, 0.3) is 5.69 Å². The molecule has 0 amide bonds. The smallest absolute Gasteiger partial charge is 0.168 e. The summed E-state index contributed by atoms with van der Waals surface area (Å²) in [6.45, 7) is 3.75. The zero-order chi connectivity index (χ0) is 13.3. The molecule has 0 radical (unpaired) electrons. The van der Waals surface area contributed by atoms with E-state index < -0.39 is 0 Å². The number of anilines is 1. The number of hydrogen-bond acceptors (Lipinski definition) is 2. The molecule has 0 aliphatic carbocycles. The summed E-state index contributed by atoms with van der Waals surface area (Å²) in [7, 11) is 0. The number of halogens is 1. The molecule has 18 heavy (non-hydrogen) atoms. The number of thiocarbonyl (C=S) groups is 1. The second-order valence-electron chi connectivity index (χ2n) is 3.92. The summed E-state index contributed by atoms with van der Waals surface area (Å²) >= 11 is 4.82. The molecule has 0 aliphatic heterocycles. The fourth-order valence-electron chi connectivity index (χ4n) is 1.78. The second kappa shape index (κ2) is 4.73. The summed E-state index contributed by atoms with van der Waals surface area (Å²) in [5.74, 6) is -0.276. The maximum Gasteiger partial charge on any atom is 0.168 e. The van der Waals surface area contributed by atoms with Gasteiger partial charge in [0.2, 0.25) is 0 Å². The predicted molar refractivity (Wildman–Crippen MR) is 73.4 cm³/mol. The lowest BCUT2D eigenvalue weighted by molar-refractivity contribution is 0.627. The van der Waals surface area contributed by atoms with Gasteiger partial charge in [0.05, 0.1) is 22.8 Å². The lowest BCUT2D eigenvalue weighted by Crippen LogP contribution is -2.19. The molecule has 94 valence electrons. The van der Waals surface area contributed by atoms with E-state index in [1.165, 1.54) is 12.1 Å². The molecule has 1 aromatic heterocycles. The van der Waals surface area contributed by atoms with E-state index in [1.807, 2.05) is 13.8 Å². The van der Waals surface area contributed by atoms with Gasteiger partial charge in [0.15, 0.2) is 5.11 Å². The molecule has 3 N–H and O–H groups in total. The third kappa shape index (κ3) is 2.33. The Morgan fingerprint density at radius 2 is 1.94 bits per heavy atom. The van der Waals surface area contributed by atoms with Crippen molar-refractivity contribution in [2.45, 2.75) is 13.8 Å². The molecule has 0 unspecified atom stereocenters. The van der Waals surface area contributed by atoms with Gasteiger partial charge in [-0.3, -0.25) is 0 Å². The number of benzene rings is 1. The molecular formula is C12H13FN4S. The van der Waals surface area contributed by atoms with Crippen molar-refractivity contribution in [3.05, 3.63) is 41.5 Å². The molecule has 0 aliphatic rings. The molecule has 0 saturated carbocycles. The SMILES string of the molecule is Cc1nn(-c2ccc(F)cc2)c(C)c1NC(N)=S. The van der Waals surface area contributed by atoms with Crippen molar-refractivity contribution in [1.29, 1.82) is 0 Å². The number of nitrogens with two attached hydrogens (primary N) is 1. The first-order valence-corrected chi connectivity index (χ1v) is 5.78. The number of hydrogen-bond donors (Lipinski definition) is 2. The van der Waals surface area contributed by atoms with E-state index in [2.05, 4.69) is 10.4 Å². The number of nitrogens with zero attached hydrogens (tertiary/aromatic N) is 2. The van der Waals surface area contributed by atoms with E-state index in [0.29, 0.717) is 0 Å². The maximum atomic E-state index is 12.9. The van der Waals surface area contributed by atoms with Gasteiger partial charge in [0.1, 0.15) is 5.82 Å². The normalized spacial score (nSPS) is 10.4. The summed E-state index contributed by atoms with van der Waals surface area (Å²) in [5.41, 5.74) is 8.68. The molecule has 2 aromatic rings. The summed E-state index contributed by atoms with van der Waals surface area (Å²) in [6, 6.07) is 6.12. The Balaban J connectivity index is 2.46. The minimum Gasteiger partial charge on any atom is -0.376 e. The fourth-order valence-corrected chi connectivity index (χ4v) is 1.88. The van der Waals surface area contributed by atoms with Crippen LogP contribution >= 0.6 is 12.2 Å². The lowest BCUT2D eigenvalue weighted by atomic mass is 10.3. The first kappa shape index (κ1) is 12.5.